The first-order valence-electron chi connectivity index (χ1n) is 5.99. The lowest BCUT2D eigenvalue weighted by Gasteiger charge is -2.14. The van der Waals surface area contributed by atoms with E-state index >= 15 is 0 Å². The van der Waals surface area contributed by atoms with Crippen LogP contribution in [0.2, 0.25) is 0 Å². The van der Waals surface area contributed by atoms with E-state index in [4.69, 9.17) is 4.74 Å². The van der Waals surface area contributed by atoms with Crippen molar-refractivity contribution in [2.24, 2.45) is 0 Å². The Morgan fingerprint density at radius 3 is 3.00 bits per heavy atom. The molecule has 0 spiro atoms. The van der Waals surface area contributed by atoms with E-state index in [2.05, 4.69) is 40.3 Å². The van der Waals surface area contributed by atoms with Crippen LogP contribution in [0.3, 0.4) is 0 Å². The molecule has 1 aromatic rings. The van der Waals surface area contributed by atoms with Crippen LogP contribution in [0.1, 0.15) is 13.3 Å². The molecular formula is C13H18BrNOS. The molecule has 1 N–H and O–H groups in total. The summed E-state index contributed by atoms with van der Waals surface area (Å²) < 4.78 is 6.68. The molecule has 1 fully saturated rings. The van der Waals surface area contributed by atoms with Gasteiger partial charge < -0.3 is 10.1 Å². The first kappa shape index (κ1) is 13.2. The topological polar surface area (TPSA) is 21.3 Å². The van der Waals surface area contributed by atoms with Gasteiger partial charge in [0.25, 0.3) is 0 Å². The van der Waals surface area contributed by atoms with Gasteiger partial charge in [-0.15, -0.1) is 0 Å². The highest BCUT2D eigenvalue weighted by molar-refractivity contribution is 9.10. The van der Waals surface area contributed by atoms with E-state index in [9.17, 15) is 0 Å². The van der Waals surface area contributed by atoms with Crippen LogP contribution in [0.5, 0.6) is 0 Å². The molecule has 0 aliphatic carbocycles. The molecule has 1 aliphatic rings. The van der Waals surface area contributed by atoms with Crippen molar-refractivity contribution >= 4 is 33.4 Å². The summed E-state index contributed by atoms with van der Waals surface area (Å²) in [4.78, 5) is 0. The number of thioether (sulfide) groups is 1. The number of hydrogen-bond donors (Lipinski definition) is 1. The zero-order valence-corrected chi connectivity index (χ0v) is 12.4. The van der Waals surface area contributed by atoms with Gasteiger partial charge in [0.15, 0.2) is 0 Å². The van der Waals surface area contributed by atoms with E-state index in [0.29, 0.717) is 11.4 Å². The summed E-state index contributed by atoms with van der Waals surface area (Å²) in [5.74, 6) is 1.12. The molecule has 17 heavy (non-hydrogen) atoms. The SMILES string of the molecule is CC1OCCC1SCCNc1ccccc1Br. The highest BCUT2D eigenvalue weighted by Crippen LogP contribution is 2.26. The number of nitrogens with one attached hydrogen (secondary N) is 1. The summed E-state index contributed by atoms with van der Waals surface area (Å²) in [7, 11) is 0. The summed E-state index contributed by atoms with van der Waals surface area (Å²) in [5, 5.41) is 4.12. The van der Waals surface area contributed by atoms with E-state index in [0.717, 1.165) is 23.4 Å². The van der Waals surface area contributed by atoms with Crippen LogP contribution in [0.15, 0.2) is 28.7 Å². The van der Waals surface area contributed by atoms with Crippen LogP contribution in [-0.2, 0) is 4.74 Å². The van der Waals surface area contributed by atoms with Crippen molar-refractivity contribution in [3.63, 3.8) is 0 Å². The maximum absolute atomic E-state index is 5.55. The molecule has 0 saturated carbocycles. The van der Waals surface area contributed by atoms with Crippen LogP contribution in [-0.4, -0.2) is 30.3 Å². The molecule has 1 saturated heterocycles. The van der Waals surface area contributed by atoms with Crippen molar-refractivity contribution < 1.29 is 4.74 Å². The summed E-state index contributed by atoms with van der Waals surface area (Å²) in [6.07, 6.45) is 1.62. The number of para-hydroxylation sites is 1. The second-order valence-corrected chi connectivity index (χ2v) is 6.38. The van der Waals surface area contributed by atoms with Gasteiger partial charge in [-0.1, -0.05) is 12.1 Å². The zero-order chi connectivity index (χ0) is 12.1. The number of benzene rings is 1. The molecule has 2 atom stereocenters. The summed E-state index contributed by atoms with van der Waals surface area (Å²) in [5.41, 5.74) is 1.17. The minimum absolute atomic E-state index is 0.420. The number of anilines is 1. The Bertz CT molecular complexity index is 361. The standard InChI is InChI=1S/C13H18BrNOS/c1-10-13(6-8-16-10)17-9-7-15-12-5-3-2-4-11(12)14/h2-5,10,13,15H,6-9H2,1H3. The normalized spacial score (nSPS) is 23.9. The van der Waals surface area contributed by atoms with Crippen molar-refractivity contribution in [3.05, 3.63) is 28.7 Å². The van der Waals surface area contributed by atoms with Crippen molar-refractivity contribution in [3.8, 4) is 0 Å². The monoisotopic (exact) mass is 315 g/mol. The Hall–Kier alpha value is -0.190. The largest absolute Gasteiger partial charge is 0.383 e. The molecule has 0 amide bonds. The van der Waals surface area contributed by atoms with E-state index in [1.807, 2.05) is 23.9 Å². The summed E-state index contributed by atoms with van der Waals surface area (Å²) in [6, 6.07) is 8.23. The Labute approximate surface area is 116 Å². The highest BCUT2D eigenvalue weighted by Gasteiger charge is 2.23. The van der Waals surface area contributed by atoms with Gasteiger partial charge in [0.2, 0.25) is 0 Å². The fourth-order valence-corrected chi connectivity index (χ4v) is 3.49. The molecule has 0 radical (unpaired) electrons. The summed E-state index contributed by atoms with van der Waals surface area (Å²) >= 11 is 5.55. The maximum atomic E-state index is 5.55. The van der Waals surface area contributed by atoms with Crippen LogP contribution in [0.4, 0.5) is 5.69 Å². The minimum Gasteiger partial charge on any atom is -0.383 e. The third-order valence-corrected chi connectivity index (χ3v) is 5.11. The predicted molar refractivity (Wildman–Crippen MR) is 78.9 cm³/mol. The molecule has 0 aromatic heterocycles. The molecule has 2 unspecified atom stereocenters. The van der Waals surface area contributed by atoms with Gasteiger partial charge in [0.1, 0.15) is 0 Å². The van der Waals surface area contributed by atoms with E-state index in [1.165, 1.54) is 12.1 Å². The van der Waals surface area contributed by atoms with Crippen LogP contribution >= 0.6 is 27.7 Å². The Kier molecular flexibility index (Phi) is 5.19. The molecule has 94 valence electrons. The maximum Gasteiger partial charge on any atom is 0.0666 e. The minimum atomic E-state index is 0.420. The lowest BCUT2D eigenvalue weighted by atomic mass is 10.3. The number of hydrogen-bond acceptors (Lipinski definition) is 3. The van der Waals surface area contributed by atoms with Gasteiger partial charge in [-0.3, -0.25) is 0 Å². The van der Waals surface area contributed by atoms with Gasteiger partial charge in [-0.05, 0) is 41.4 Å². The Morgan fingerprint density at radius 2 is 2.29 bits per heavy atom. The lowest BCUT2D eigenvalue weighted by molar-refractivity contribution is 0.127. The highest BCUT2D eigenvalue weighted by atomic mass is 79.9. The average molecular weight is 316 g/mol. The average Bonchev–Trinajstić information content (AvgIpc) is 2.73. The van der Waals surface area contributed by atoms with Crippen LogP contribution < -0.4 is 5.32 Å². The quantitative estimate of drug-likeness (QED) is 0.836. The number of ether oxygens (including phenoxy) is 1. The van der Waals surface area contributed by atoms with E-state index in [1.54, 1.807) is 0 Å². The van der Waals surface area contributed by atoms with Gasteiger partial charge in [0.05, 0.1) is 6.10 Å². The Balaban J connectivity index is 1.68. The lowest BCUT2D eigenvalue weighted by Crippen LogP contribution is -2.16. The van der Waals surface area contributed by atoms with Crippen molar-refractivity contribution in [1.29, 1.82) is 0 Å². The van der Waals surface area contributed by atoms with Crippen LogP contribution in [0.25, 0.3) is 0 Å². The predicted octanol–water partition coefficient (Wildman–Crippen LogP) is 3.77. The number of rotatable bonds is 5. The third-order valence-electron chi connectivity index (χ3n) is 2.93. The summed E-state index contributed by atoms with van der Waals surface area (Å²) in [6.45, 7) is 4.10. The molecule has 0 bridgehead atoms. The smallest absolute Gasteiger partial charge is 0.0666 e. The van der Waals surface area contributed by atoms with Crippen LogP contribution in [0, 0.1) is 0 Å². The van der Waals surface area contributed by atoms with Gasteiger partial charge in [-0.25, -0.2) is 0 Å². The molecule has 2 nitrogen and oxygen atoms in total. The van der Waals surface area contributed by atoms with E-state index < -0.39 is 0 Å². The van der Waals surface area contributed by atoms with Gasteiger partial charge >= 0.3 is 0 Å². The van der Waals surface area contributed by atoms with Gasteiger partial charge in [-0.2, -0.15) is 11.8 Å². The molecule has 1 heterocycles. The fourth-order valence-electron chi connectivity index (χ4n) is 1.93. The first-order valence-corrected chi connectivity index (χ1v) is 7.83. The third kappa shape index (κ3) is 3.90. The zero-order valence-electron chi connectivity index (χ0n) is 9.99. The number of halogens is 1. The van der Waals surface area contributed by atoms with Crippen molar-refractivity contribution in [1.82, 2.24) is 0 Å². The Morgan fingerprint density at radius 1 is 1.47 bits per heavy atom. The molecular weight excluding hydrogens is 298 g/mol. The first-order chi connectivity index (χ1) is 8.27. The second kappa shape index (κ2) is 6.66. The second-order valence-electron chi connectivity index (χ2n) is 4.18. The van der Waals surface area contributed by atoms with Crippen molar-refractivity contribution in [2.45, 2.75) is 24.7 Å². The van der Waals surface area contributed by atoms with E-state index in [-0.39, 0.29) is 0 Å². The molecule has 2 rings (SSSR count). The van der Waals surface area contributed by atoms with Crippen molar-refractivity contribution in [2.75, 3.05) is 24.2 Å². The van der Waals surface area contributed by atoms with Gasteiger partial charge in [0, 0.05) is 34.3 Å². The molecule has 1 aliphatic heterocycles. The molecule has 1 aromatic carbocycles. The molecule has 4 heteroatoms. The fraction of sp³-hybridized carbons (Fsp3) is 0.538.